The summed E-state index contributed by atoms with van der Waals surface area (Å²) in [5.74, 6) is -0.363. The highest BCUT2D eigenvalue weighted by Crippen LogP contribution is 2.34. The standard InChI is InChI=1S/C18H23F2N3O4/c19-17(20)27-15-4-2-1-3-14(15)22-18(26)21-12-7-13(8-12)23(10-16(24)25)9-11-5-6-11/h1-4,11-13,17H,5-10H2,(H,24,25)(H2,21,22,26). The minimum absolute atomic E-state index is 0.0123. The van der Waals surface area contributed by atoms with Crippen LogP contribution in [0.25, 0.3) is 0 Å². The second-order valence-corrected chi connectivity index (χ2v) is 7.06. The van der Waals surface area contributed by atoms with Crippen molar-refractivity contribution in [3.8, 4) is 5.75 Å². The van der Waals surface area contributed by atoms with Crippen LogP contribution in [0.2, 0.25) is 0 Å². The molecule has 0 atom stereocenters. The van der Waals surface area contributed by atoms with Gasteiger partial charge < -0.3 is 20.5 Å². The second kappa shape index (κ2) is 8.51. The van der Waals surface area contributed by atoms with Crippen molar-refractivity contribution in [2.45, 2.75) is 44.4 Å². The molecular formula is C18H23F2N3O4. The van der Waals surface area contributed by atoms with Gasteiger partial charge in [-0.2, -0.15) is 8.78 Å². The van der Waals surface area contributed by atoms with E-state index in [-0.39, 0.29) is 30.1 Å². The molecule has 27 heavy (non-hydrogen) atoms. The van der Waals surface area contributed by atoms with E-state index < -0.39 is 18.6 Å². The molecule has 2 aliphatic rings. The van der Waals surface area contributed by atoms with Crippen molar-refractivity contribution in [3.05, 3.63) is 24.3 Å². The predicted octanol–water partition coefficient (Wildman–Crippen LogP) is 2.74. The number of hydrogen-bond donors (Lipinski definition) is 3. The molecule has 1 aromatic carbocycles. The summed E-state index contributed by atoms with van der Waals surface area (Å²) in [6.45, 7) is -2.18. The Hall–Kier alpha value is -2.42. The van der Waals surface area contributed by atoms with E-state index in [1.54, 1.807) is 6.07 Å². The van der Waals surface area contributed by atoms with Gasteiger partial charge in [0.2, 0.25) is 0 Å². The molecule has 0 spiro atoms. The molecule has 0 aliphatic heterocycles. The Balaban J connectivity index is 1.46. The van der Waals surface area contributed by atoms with Crippen molar-refractivity contribution >= 4 is 17.7 Å². The predicted molar refractivity (Wildman–Crippen MR) is 94.0 cm³/mol. The Morgan fingerprint density at radius 1 is 1.26 bits per heavy atom. The molecular weight excluding hydrogens is 360 g/mol. The average Bonchev–Trinajstić information content (AvgIpc) is 3.35. The van der Waals surface area contributed by atoms with Crippen molar-refractivity contribution in [3.63, 3.8) is 0 Å². The van der Waals surface area contributed by atoms with Crippen LogP contribution < -0.4 is 15.4 Å². The highest BCUT2D eigenvalue weighted by atomic mass is 19.3. The number of carbonyl (C=O) groups excluding carboxylic acids is 1. The number of hydrogen-bond acceptors (Lipinski definition) is 4. The summed E-state index contributed by atoms with van der Waals surface area (Å²) >= 11 is 0. The molecule has 2 amide bonds. The number of alkyl halides is 2. The van der Waals surface area contributed by atoms with Gasteiger partial charge in [0.05, 0.1) is 12.2 Å². The van der Waals surface area contributed by atoms with Gasteiger partial charge in [-0.3, -0.25) is 9.69 Å². The van der Waals surface area contributed by atoms with Crippen molar-refractivity contribution in [2.24, 2.45) is 5.92 Å². The smallest absolute Gasteiger partial charge is 0.387 e. The Morgan fingerprint density at radius 2 is 1.96 bits per heavy atom. The maximum absolute atomic E-state index is 12.4. The summed E-state index contributed by atoms with van der Waals surface area (Å²) in [6, 6.07) is 5.53. The number of anilines is 1. The molecule has 7 nitrogen and oxygen atoms in total. The van der Waals surface area contributed by atoms with Gasteiger partial charge in [-0.25, -0.2) is 4.79 Å². The zero-order valence-corrected chi connectivity index (χ0v) is 14.7. The number of urea groups is 1. The van der Waals surface area contributed by atoms with Crippen molar-refractivity contribution in [2.75, 3.05) is 18.4 Å². The third-order valence-corrected chi connectivity index (χ3v) is 4.84. The SMILES string of the molecule is O=C(O)CN(CC1CC1)C1CC(NC(=O)Nc2ccccc2OC(F)F)C1. The number of nitrogens with zero attached hydrogens (tertiary/aromatic N) is 1. The van der Waals surface area contributed by atoms with Crippen LogP contribution >= 0.6 is 0 Å². The normalized spacial score (nSPS) is 21.6. The number of carboxylic acids is 1. The van der Waals surface area contributed by atoms with Crippen LogP contribution in [0.15, 0.2) is 24.3 Å². The molecule has 0 saturated heterocycles. The van der Waals surface area contributed by atoms with Gasteiger partial charge in [-0.15, -0.1) is 0 Å². The number of aliphatic carboxylic acids is 1. The number of carboxylic acid groups (broad SMARTS) is 1. The van der Waals surface area contributed by atoms with Crippen molar-refractivity contribution < 1.29 is 28.2 Å². The number of amides is 2. The lowest BCUT2D eigenvalue weighted by molar-refractivity contribution is -0.139. The third kappa shape index (κ3) is 5.78. The molecule has 148 valence electrons. The first kappa shape index (κ1) is 19.3. The zero-order chi connectivity index (χ0) is 19.4. The lowest BCUT2D eigenvalue weighted by Crippen LogP contribution is -2.55. The number of carbonyl (C=O) groups is 2. The van der Waals surface area contributed by atoms with E-state index in [0.717, 1.165) is 19.4 Å². The van der Waals surface area contributed by atoms with E-state index >= 15 is 0 Å². The lowest BCUT2D eigenvalue weighted by atomic mass is 9.85. The molecule has 2 fully saturated rings. The summed E-state index contributed by atoms with van der Waals surface area (Å²) in [5, 5.41) is 14.4. The minimum Gasteiger partial charge on any atom is -0.480 e. The molecule has 3 rings (SSSR count). The molecule has 0 unspecified atom stereocenters. The fraction of sp³-hybridized carbons (Fsp3) is 0.556. The number of ether oxygens (including phenoxy) is 1. The van der Waals surface area contributed by atoms with Crippen LogP contribution in [0.1, 0.15) is 25.7 Å². The number of halogens is 2. The molecule has 2 aliphatic carbocycles. The third-order valence-electron chi connectivity index (χ3n) is 4.84. The van der Waals surface area contributed by atoms with Gasteiger partial charge in [-0.1, -0.05) is 12.1 Å². The topological polar surface area (TPSA) is 90.9 Å². The van der Waals surface area contributed by atoms with Crippen LogP contribution in [0.5, 0.6) is 5.75 Å². The number of rotatable bonds is 9. The van der Waals surface area contributed by atoms with Gasteiger partial charge in [0, 0.05) is 18.6 Å². The Bertz CT molecular complexity index is 678. The lowest BCUT2D eigenvalue weighted by Gasteiger charge is -2.42. The monoisotopic (exact) mass is 383 g/mol. The maximum atomic E-state index is 12.4. The first-order chi connectivity index (χ1) is 12.9. The fourth-order valence-corrected chi connectivity index (χ4v) is 3.26. The highest BCUT2D eigenvalue weighted by Gasteiger charge is 2.37. The molecule has 1 aromatic rings. The summed E-state index contributed by atoms with van der Waals surface area (Å²) in [5.41, 5.74) is 0.160. The van der Waals surface area contributed by atoms with Crippen LogP contribution in [0.3, 0.4) is 0 Å². The van der Waals surface area contributed by atoms with Crippen LogP contribution in [-0.2, 0) is 4.79 Å². The van der Waals surface area contributed by atoms with Gasteiger partial charge in [0.25, 0.3) is 0 Å². The number of para-hydroxylation sites is 2. The van der Waals surface area contributed by atoms with Crippen LogP contribution in [0.4, 0.5) is 19.3 Å². The van der Waals surface area contributed by atoms with Gasteiger partial charge in [-0.05, 0) is 43.7 Å². The van der Waals surface area contributed by atoms with E-state index in [1.165, 1.54) is 18.2 Å². The van der Waals surface area contributed by atoms with E-state index in [2.05, 4.69) is 15.4 Å². The molecule has 0 radical (unpaired) electrons. The summed E-state index contributed by atoms with van der Waals surface area (Å²) < 4.78 is 29.2. The first-order valence-corrected chi connectivity index (χ1v) is 8.98. The van der Waals surface area contributed by atoms with E-state index in [0.29, 0.717) is 18.8 Å². The van der Waals surface area contributed by atoms with Crippen molar-refractivity contribution in [1.82, 2.24) is 10.2 Å². The van der Waals surface area contributed by atoms with Crippen molar-refractivity contribution in [1.29, 1.82) is 0 Å². The Kier molecular flexibility index (Phi) is 6.10. The van der Waals surface area contributed by atoms with E-state index in [4.69, 9.17) is 5.11 Å². The zero-order valence-electron chi connectivity index (χ0n) is 14.7. The van der Waals surface area contributed by atoms with Crippen LogP contribution in [0, 0.1) is 5.92 Å². The van der Waals surface area contributed by atoms with Gasteiger partial charge in [0.1, 0.15) is 5.75 Å². The molecule has 9 heteroatoms. The second-order valence-electron chi connectivity index (χ2n) is 7.06. The van der Waals surface area contributed by atoms with Gasteiger partial charge >= 0.3 is 18.6 Å². The maximum Gasteiger partial charge on any atom is 0.387 e. The Labute approximate surface area is 155 Å². The minimum atomic E-state index is -2.98. The molecule has 0 bridgehead atoms. The quantitative estimate of drug-likeness (QED) is 0.610. The Morgan fingerprint density at radius 3 is 2.59 bits per heavy atom. The number of benzene rings is 1. The molecule has 0 heterocycles. The summed E-state index contributed by atoms with van der Waals surface area (Å²) in [6.07, 6.45) is 3.63. The summed E-state index contributed by atoms with van der Waals surface area (Å²) in [7, 11) is 0. The largest absolute Gasteiger partial charge is 0.480 e. The average molecular weight is 383 g/mol. The van der Waals surface area contributed by atoms with Crippen LogP contribution in [-0.4, -0.2) is 53.8 Å². The fourth-order valence-electron chi connectivity index (χ4n) is 3.26. The molecule has 0 aromatic heterocycles. The number of nitrogens with one attached hydrogen (secondary N) is 2. The van der Waals surface area contributed by atoms with Gasteiger partial charge in [0.15, 0.2) is 0 Å². The molecule has 3 N–H and O–H groups in total. The summed E-state index contributed by atoms with van der Waals surface area (Å²) in [4.78, 5) is 25.1. The molecule has 2 saturated carbocycles. The highest BCUT2D eigenvalue weighted by molar-refractivity contribution is 5.91. The van der Waals surface area contributed by atoms with E-state index in [9.17, 15) is 18.4 Å². The van der Waals surface area contributed by atoms with E-state index in [1.807, 2.05) is 4.90 Å². The first-order valence-electron chi connectivity index (χ1n) is 8.98.